The molecule has 1 N–H and O–H groups in total. The van der Waals surface area contributed by atoms with E-state index in [0.717, 1.165) is 22.4 Å². The highest BCUT2D eigenvalue weighted by molar-refractivity contribution is 6.27. The van der Waals surface area contributed by atoms with Crippen LogP contribution in [0.15, 0.2) is 72.5 Å². The average Bonchev–Trinajstić information content (AvgIpc) is 2.66. The molecule has 28 heavy (non-hydrogen) atoms. The molecular weight excluding hydrogens is 370 g/mol. The summed E-state index contributed by atoms with van der Waals surface area (Å²) in [5.41, 5.74) is 3.11. The lowest BCUT2D eigenvalue weighted by atomic mass is 9.97. The first-order valence-corrected chi connectivity index (χ1v) is 9.47. The highest BCUT2D eigenvalue weighted by Gasteiger charge is 2.27. The summed E-state index contributed by atoms with van der Waals surface area (Å²) < 4.78 is 0. The number of hydrogen-bond acceptors (Lipinski definition) is 2. The van der Waals surface area contributed by atoms with Gasteiger partial charge in [0.1, 0.15) is 5.50 Å². The van der Waals surface area contributed by atoms with Gasteiger partial charge < -0.3 is 10.0 Å². The molecule has 1 atom stereocenters. The number of nitrogens with zero attached hydrogens (tertiary/aromatic N) is 1. The van der Waals surface area contributed by atoms with Crippen molar-refractivity contribution in [1.82, 2.24) is 0 Å². The lowest BCUT2D eigenvalue weighted by Gasteiger charge is -2.30. The quantitative estimate of drug-likeness (QED) is 0.417. The normalized spacial score (nSPS) is 16.2. The Morgan fingerprint density at radius 1 is 1.11 bits per heavy atom. The highest BCUT2D eigenvalue weighted by atomic mass is 35.5. The molecule has 0 saturated carbocycles. The Labute approximate surface area is 171 Å². The zero-order valence-corrected chi connectivity index (χ0v) is 16.9. The van der Waals surface area contributed by atoms with Crippen LogP contribution in [0.4, 0.5) is 5.69 Å². The van der Waals surface area contributed by atoms with E-state index in [1.165, 1.54) is 6.08 Å². The maximum atomic E-state index is 11.4. The molecule has 142 valence electrons. The molecule has 1 aliphatic heterocycles. The van der Waals surface area contributed by atoms with Gasteiger partial charge >= 0.3 is 5.97 Å². The lowest BCUT2D eigenvalue weighted by molar-refractivity contribution is -0.132. The Morgan fingerprint density at radius 3 is 2.43 bits per heavy atom. The van der Waals surface area contributed by atoms with Gasteiger partial charge in [0.05, 0.1) is 11.3 Å². The zero-order valence-electron chi connectivity index (χ0n) is 16.1. The molecule has 0 saturated heterocycles. The fraction of sp³-hybridized carbons (Fsp3) is 0.208. The Bertz CT molecular complexity index is 1000. The van der Waals surface area contributed by atoms with Gasteiger partial charge in [0.15, 0.2) is 0 Å². The second-order valence-electron chi connectivity index (χ2n) is 7.61. The molecule has 0 aromatic heterocycles. The SMILES string of the molecule is CC(C)(C)C#Cc1ccc(-c2ccccc2N2C=CC=C(C(=O)O)C2Cl)cc1. The molecule has 0 fully saturated rings. The minimum Gasteiger partial charge on any atom is -0.478 e. The number of carboxylic acid groups (broad SMARTS) is 1. The van der Waals surface area contributed by atoms with Crippen LogP contribution in [0.1, 0.15) is 26.3 Å². The fourth-order valence-corrected chi connectivity index (χ4v) is 3.19. The lowest BCUT2D eigenvalue weighted by Crippen LogP contribution is -2.32. The first-order chi connectivity index (χ1) is 13.3. The molecule has 0 bridgehead atoms. The summed E-state index contributed by atoms with van der Waals surface area (Å²) in [6.45, 7) is 6.25. The van der Waals surface area contributed by atoms with Gasteiger partial charge in [-0.05, 0) is 56.7 Å². The van der Waals surface area contributed by atoms with Crippen molar-refractivity contribution in [2.24, 2.45) is 5.41 Å². The van der Waals surface area contributed by atoms with Gasteiger partial charge in [-0.2, -0.15) is 0 Å². The largest absolute Gasteiger partial charge is 0.478 e. The number of carboxylic acids is 1. The number of allylic oxidation sites excluding steroid dienone is 2. The minimum absolute atomic E-state index is 0.0450. The van der Waals surface area contributed by atoms with Gasteiger partial charge in [-0.1, -0.05) is 53.8 Å². The van der Waals surface area contributed by atoms with Crippen molar-refractivity contribution < 1.29 is 9.90 Å². The molecule has 0 radical (unpaired) electrons. The molecule has 2 aromatic carbocycles. The second-order valence-corrected chi connectivity index (χ2v) is 8.02. The van der Waals surface area contributed by atoms with E-state index < -0.39 is 11.5 Å². The number of alkyl halides is 1. The fourth-order valence-electron chi connectivity index (χ4n) is 2.86. The number of hydrogen-bond donors (Lipinski definition) is 1. The standard InChI is InChI=1S/C24H22ClNO2/c1-24(2,3)15-14-17-10-12-18(13-11-17)19-7-4-5-9-21(19)26-16-6-8-20(22(26)25)23(27)28/h4-13,16,22H,1-3H3,(H,27,28). The number of para-hydroxylation sites is 1. The van der Waals surface area contributed by atoms with Crippen LogP contribution in [-0.4, -0.2) is 16.6 Å². The van der Waals surface area contributed by atoms with E-state index in [1.807, 2.05) is 48.5 Å². The molecule has 4 heteroatoms. The molecule has 0 aliphatic carbocycles. The van der Waals surface area contributed by atoms with Crippen LogP contribution < -0.4 is 4.90 Å². The van der Waals surface area contributed by atoms with Gasteiger partial charge in [-0.3, -0.25) is 0 Å². The summed E-state index contributed by atoms with van der Waals surface area (Å²) in [6.07, 6.45) is 5.03. The molecular formula is C24H22ClNO2. The summed E-state index contributed by atoms with van der Waals surface area (Å²) in [7, 11) is 0. The number of benzene rings is 2. The summed E-state index contributed by atoms with van der Waals surface area (Å²) in [5.74, 6) is 5.42. The van der Waals surface area contributed by atoms with Gasteiger partial charge in [0.2, 0.25) is 0 Å². The smallest absolute Gasteiger partial charge is 0.334 e. The van der Waals surface area contributed by atoms with E-state index in [1.54, 1.807) is 17.2 Å². The highest BCUT2D eigenvalue weighted by Crippen LogP contribution is 2.35. The molecule has 1 unspecified atom stereocenters. The molecule has 1 heterocycles. The van der Waals surface area contributed by atoms with Crippen molar-refractivity contribution in [2.75, 3.05) is 4.90 Å². The Morgan fingerprint density at radius 2 is 1.79 bits per heavy atom. The van der Waals surface area contributed by atoms with E-state index >= 15 is 0 Å². The molecule has 0 spiro atoms. The maximum absolute atomic E-state index is 11.4. The Balaban J connectivity index is 1.95. The zero-order chi connectivity index (χ0) is 20.3. The Hall–Kier alpha value is -2.96. The number of aliphatic carboxylic acids is 1. The summed E-state index contributed by atoms with van der Waals surface area (Å²) >= 11 is 6.45. The van der Waals surface area contributed by atoms with Crippen LogP contribution in [-0.2, 0) is 4.79 Å². The summed E-state index contributed by atoms with van der Waals surface area (Å²) in [5, 5.41) is 9.37. The third-order valence-electron chi connectivity index (χ3n) is 4.23. The van der Waals surface area contributed by atoms with Crippen LogP contribution in [0.2, 0.25) is 0 Å². The van der Waals surface area contributed by atoms with Crippen molar-refractivity contribution in [2.45, 2.75) is 26.3 Å². The topological polar surface area (TPSA) is 40.5 Å². The van der Waals surface area contributed by atoms with E-state index in [0.29, 0.717) is 0 Å². The average molecular weight is 392 g/mol. The van der Waals surface area contributed by atoms with Crippen LogP contribution in [0.3, 0.4) is 0 Å². The van der Waals surface area contributed by atoms with E-state index in [2.05, 4.69) is 32.6 Å². The monoisotopic (exact) mass is 391 g/mol. The third kappa shape index (κ3) is 4.47. The van der Waals surface area contributed by atoms with Crippen LogP contribution >= 0.6 is 11.6 Å². The molecule has 3 rings (SSSR count). The number of anilines is 1. The third-order valence-corrected chi connectivity index (χ3v) is 4.68. The van der Waals surface area contributed by atoms with Crippen LogP contribution in [0.25, 0.3) is 11.1 Å². The van der Waals surface area contributed by atoms with Crippen LogP contribution in [0.5, 0.6) is 0 Å². The molecule has 3 nitrogen and oxygen atoms in total. The Kier molecular flexibility index (Phi) is 5.63. The van der Waals surface area contributed by atoms with Crippen molar-refractivity contribution in [3.63, 3.8) is 0 Å². The van der Waals surface area contributed by atoms with Gasteiger partial charge in [0.25, 0.3) is 0 Å². The predicted octanol–water partition coefficient (Wildman–Crippen LogP) is 5.66. The molecule has 2 aromatic rings. The van der Waals surface area contributed by atoms with Gasteiger partial charge in [-0.25, -0.2) is 4.79 Å². The van der Waals surface area contributed by atoms with Crippen LogP contribution in [0, 0.1) is 17.3 Å². The van der Waals surface area contributed by atoms with E-state index in [9.17, 15) is 9.90 Å². The minimum atomic E-state index is -1.02. The van der Waals surface area contributed by atoms with E-state index in [4.69, 9.17) is 11.6 Å². The maximum Gasteiger partial charge on any atom is 0.334 e. The van der Waals surface area contributed by atoms with Crippen molar-refractivity contribution >= 4 is 23.3 Å². The summed E-state index contributed by atoms with van der Waals surface area (Å²) in [4.78, 5) is 13.2. The first-order valence-electron chi connectivity index (χ1n) is 9.03. The molecule has 1 aliphatic rings. The van der Waals surface area contributed by atoms with Crippen molar-refractivity contribution in [3.8, 4) is 23.0 Å². The number of rotatable bonds is 3. The summed E-state index contributed by atoms with van der Waals surface area (Å²) in [6, 6.07) is 15.9. The predicted molar refractivity (Wildman–Crippen MR) is 115 cm³/mol. The second kappa shape index (κ2) is 7.96. The number of halogens is 1. The van der Waals surface area contributed by atoms with Crippen molar-refractivity contribution in [3.05, 3.63) is 78.0 Å². The van der Waals surface area contributed by atoms with Gasteiger partial charge in [0, 0.05) is 22.7 Å². The molecule has 0 amide bonds. The number of carbonyl (C=O) groups is 1. The van der Waals surface area contributed by atoms with Crippen molar-refractivity contribution in [1.29, 1.82) is 0 Å². The van der Waals surface area contributed by atoms with Gasteiger partial charge in [-0.15, -0.1) is 0 Å². The first kappa shape index (κ1) is 19.8. The van der Waals surface area contributed by atoms with E-state index in [-0.39, 0.29) is 11.0 Å².